The predicted molar refractivity (Wildman–Crippen MR) is 78.5 cm³/mol. The number of nitrogens with zero attached hydrogens (tertiary/aromatic N) is 1. The van der Waals surface area contributed by atoms with Crippen LogP contribution in [0.4, 0.5) is 0 Å². The first kappa shape index (κ1) is 13.2. The summed E-state index contributed by atoms with van der Waals surface area (Å²) in [6, 6.07) is 18.4. The Bertz CT molecular complexity index is 568. The average molecular weight is 269 g/mol. The monoisotopic (exact) mass is 269 g/mol. The maximum atomic E-state index is 6.05. The summed E-state index contributed by atoms with van der Waals surface area (Å²) in [4.78, 5) is 2.13. The minimum absolute atomic E-state index is 0.0737. The van der Waals surface area contributed by atoms with Gasteiger partial charge in [-0.15, -0.1) is 0 Å². The number of ether oxygens (including phenoxy) is 2. The highest BCUT2D eigenvalue weighted by Gasteiger charge is 2.31. The van der Waals surface area contributed by atoms with Crippen LogP contribution in [0.1, 0.15) is 17.2 Å². The van der Waals surface area contributed by atoms with Crippen molar-refractivity contribution in [1.82, 2.24) is 4.90 Å². The van der Waals surface area contributed by atoms with Gasteiger partial charge >= 0.3 is 0 Å². The molecule has 0 N–H and O–H groups in total. The molecule has 20 heavy (non-hydrogen) atoms. The molecule has 0 aromatic heterocycles. The van der Waals surface area contributed by atoms with E-state index in [0.717, 1.165) is 11.3 Å². The van der Waals surface area contributed by atoms with Crippen molar-refractivity contribution < 1.29 is 9.47 Å². The molecule has 0 aliphatic carbocycles. The second kappa shape index (κ2) is 5.65. The molecule has 0 amide bonds. The number of likely N-dealkylation sites (N-methyl/N-ethyl adjacent to an activating group) is 1. The molecular formula is C17H19NO2. The van der Waals surface area contributed by atoms with Crippen molar-refractivity contribution in [1.29, 1.82) is 0 Å². The third kappa shape index (κ3) is 2.55. The lowest BCUT2D eigenvalue weighted by molar-refractivity contribution is -0.145. The summed E-state index contributed by atoms with van der Waals surface area (Å²) >= 11 is 0. The first-order valence-electron chi connectivity index (χ1n) is 6.83. The summed E-state index contributed by atoms with van der Waals surface area (Å²) in [7, 11) is 4.09. The molecule has 2 atom stereocenters. The van der Waals surface area contributed by atoms with Gasteiger partial charge in [0.25, 0.3) is 0 Å². The average Bonchev–Trinajstić information content (AvgIpc) is 2.48. The van der Waals surface area contributed by atoms with Gasteiger partial charge in [0.2, 0.25) is 6.29 Å². The third-order valence-corrected chi connectivity index (χ3v) is 3.57. The number of para-hydroxylation sites is 1. The zero-order valence-corrected chi connectivity index (χ0v) is 11.8. The fraction of sp³-hybridized carbons (Fsp3) is 0.294. The number of rotatable bonds is 3. The van der Waals surface area contributed by atoms with Crippen LogP contribution >= 0.6 is 0 Å². The first-order valence-corrected chi connectivity index (χ1v) is 6.83. The van der Waals surface area contributed by atoms with Crippen molar-refractivity contribution >= 4 is 0 Å². The van der Waals surface area contributed by atoms with Crippen LogP contribution in [0.25, 0.3) is 0 Å². The van der Waals surface area contributed by atoms with Crippen LogP contribution in [0, 0.1) is 0 Å². The van der Waals surface area contributed by atoms with Crippen molar-refractivity contribution in [3.63, 3.8) is 0 Å². The van der Waals surface area contributed by atoms with Gasteiger partial charge in [-0.25, -0.2) is 0 Å². The number of hydrogen-bond donors (Lipinski definition) is 0. The maximum Gasteiger partial charge on any atom is 0.220 e. The molecule has 3 nitrogen and oxygen atoms in total. The zero-order chi connectivity index (χ0) is 13.9. The first-order chi connectivity index (χ1) is 9.75. The molecule has 2 aromatic rings. The maximum absolute atomic E-state index is 6.05. The van der Waals surface area contributed by atoms with Crippen LogP contribution in [0.5, 0.6) is 5.75 Å². The van der Waals surface area contributed by atoms with Crippen molar-refractivity contribution in [2.45, 2.75) is 18.9 Å². The summed E-state index contributed by atoms with van der Waals surface area (Å²) in [6.07, 6.45) is -0.290. The van der Waals surface area contributed by atoms with E-state index in [4.69, 9.17) is 9.47 Å². The van der Waals surface area contributed by atoms with Gasteiger partial charge in [-0.1, -0.05) is 48.5 Å². The van der Waals surface area contributed by atoms with E-state index < -0.39 is 0 Å². The van der Waals surface area contributed by atoms with Crippen molar-refractivity contribution in [3.05, 3.63) is 65.7 Å². The summed E-state index contributed by atoms with van der Waals surface area (Å²) in [5.41, 5.74) is 2.30. The fourth-order valence-electron chi connectivity index (χ4n) is 2.57. The molecule has 0 saturated carbocycles. The van der Waals surface area contributed by atoms with Crippen LogP contribution in [-0.2, 0) is 11.3 Å². The minimum atomic E-state index is -0.290. The van der Waals surface area contributed by atoms with Gasteiger partial charge in [0.15, 0.2) is 0 Å². The highest BCUT2D eigenvalue weighted by molar-refractivity contribution is 5.34. The van der Waals surface area contributed by atoms with Gasteiger partial charge in [-0.2, -0.15) is 0 Å². The summed E-state index contributed by atoms with van der Waals surface area (Å²) in [6.45, 7) is 0.595. The van der Waals surface area contributed by atoms with E-state index in [1.807, 2.05) is 56.6 Å². The van der Waals surface area contributed by atoms with Crippen LogP contribution in [0.3, 0.4) is 0 Å². The molecule has 0 spiro atoms. The van der Waals surface area contributed by atoms with Crippen molar-refractivity contribution in [2.24, 2.45) is 0 Å². The minimum Gasteiger partial charge on any atom is -0.462 e. The van der Waals surface area contributed by atoms with Gasteiger partial charge in [0, 0.05) is 5.56 Å². The molecule has 1 aliphatic heterocycles. The molecule has 0 fully saturated rings. The molecule has 2 unspecified atom stereocenters. The molecule has 3 rings (SSSR count). The lowest BCUT2D eigenvalue weighted by Gasteiger charge is -2.35. The summed E-state index contributed by atoms with van der Waals surface area (Å²) in [5, 5.41) is 0. The lowest BCUT2D eigenvalue weighted by Crippen LogP contribution is -2.39. The summed E-state index contributed by atoms with van der Waals surface area (Å²) in [5.74, 6) is 0.923. The Morgan fingerprint density at radius 3 is 2.45 bits per heavy atom. The summed E-state index contributed by atoms with van der Waals surface area (Å²) < 4.78 is 12.0. The normalized spacial score (nSPS) is 19.2. The van der Waals surface area contributed by atoms with Crippen molar-refractivity contribution in [3.8, 4) is 5.75 Å². The van der Waals surface area contributed by atoms with E-state index in [2.05, 4.69) is 17.0 Å². The predicted octanol–water partition coefficient (Wildman–Crippen LogP) is 3.22. The highest BCUT2D eigenvalue weighted by atomic mass is 16.7. The standard InChI is InChI=1S/C17H19NO2/c1-18(2)16(13-8-4-3-5-9-13)17-19-12-14-10-6-7-11-15(14)20-17/h3-11,16-17H,12H2,1-2H3. The van der Waals surface area contributed by atoms with E-state index in [1.54, 1.807) is 0 Å². The van der Waals surface area contributed by atoms with Gasteiger partial charge in [0.05, 0.1) is 12.6 Å². The van der Waals surface area contributed by atoms with Gasteiger partial charge in [-0.05, 0) is 25.7 Å². The Balaban J connectivity index is 1.87. The Hall–Kier alpha value is -1.84. The zero-order valence-electron chi connectivity index (χ0n) is 11.8. The van der Waals surface area contributed by atoms with Crippen LogP contribution in [0.15, 0.2) is 54.6 Å². The van der Waals surface area contributed by atoms with Crippen LogP contribution < -0.4 is 4.74 Å². The van der Waals surface area contributed by atoms with E-state index >= 15 is 0 Å². The van der Waals surface area contributed by atoms with E-state index in [-0.39, 0.29) is 12.3 Å². The van der Waals surface area contributed by atoms with Gasteiger partial charge < -0.3 is 9.47 Å². The second-order valence-electron chi connectivity index (χ2n) is 5.22. The highest BCUT2D eigenvalue weighted by Crippen LogP contribution is 2.33. The number of benzene rings is 2. The molecule has 2 aromatic carbocycles. The molecule has 0 radical (unpaired) electrons. The second-order valence-corrected chi connectivity index (χ2v) is 5.22. The SMILES string of the molecule is CN(C)C(c1ccccc1)C1OCc2ccccc2O1. The van der Waals surface area contributed by atoms with Gasteiger partial charge in [0.1, 0.15) is 5.75 Å². The molecule has 3 heteroatoms. The molecular weight excluding hydrogens is 250 g/mol. The fourth-order valence-corrected chi connectivity index (χ4v) is 2.57. The molecule has 0 saturated heterocycles. The van der Waals surface area contributed by atoms with Gasteiger partial charge in [-0.3, -0.25) is 4.90 Å². The van der Waals surface area contributed by atoms with Crippen LogP contribution in [-0.4, -0.2) is 25.3 Å². The Kier molecular flexibility index (Phi) is 3.72. The lowest BCUT2D eigenvalue weighted by atomic mass is 10.0. The number of hydrogen-bond acceptors (Lipinski definition) is 3. The van der Waals surface area contributed by atoms with E-state index in [1.165, 1.54) is 5.56 Å². The molecule has 104 valence electrons. The Morgan fingerprint density at radius 1 is 1.00 bits per heavy atom. The quantitative estimate of drug-likeness (QED) is 0.854. The Morgan fingerprint density at radius 2 is 1.70 bits per heavy atom. The molecule has 1 heterocycles. The third-order valence-electron chi connectivity index (χ3n) is 3.57. The van der Waals surface area contributed by atoms with E-state index in [0.29, 0.717) is 6.61 Å². The van der Waals surface area contributed by atoms with Crippen molar-refractivity contribution in [2.75, 3.05) is 14.1 Å². The molecule has 1 aliphatic rings. The largest absolute Gasteiger partial charge is 0.462 e. The molecule has 0 bridgehead atoms. The smallest absolute Gasteiger partial charge is 0.220 e. The van der Waals surface area contributed by atoms with Crippen LogP contribution in [0.2, 0.25) is 0 Å². The van der Waals surface area contributed by atoms with E-state index in [9.17, 15) is 0 Å². The number of fused-ring (bicyclic) bond motifs is 1. The Labute approximate surface area is 119 Å². The topological polar surface area (TPSA) is 21.7 Å².